The molecule has 6 nitrogen and oxygen atoms in total. The fraction of sp³-hybridized carbons (Fsp3) is 0.188. The number of carbonyl (C=O) groups is 1. The van der Waals surface area contributed by atoms with E-state index >= 15 is 0 Å². The Bertz CT molecular complexity index is 763. The molecule has 1 aliphatic rings. The van der Waals surface area contributed by atoms with Crippen LogP contribution < -0.4 is 11.1 Å². The molecule has 1 aromatic heterocycles. The van der Waals surface area contributed by atoms with E-state index in [1.807, 2.05) is 18.2 Å². The molecular weight excluding hydrogens is 280 g/mol. The van der Waals surface area contributed by atoms with Crippen molar-refractivity contribution in [2.24, 2.45) is 5.73 Å². The van der Waals surface area contributed by atoms with Gasteiger partial charge >= 0.3 is 0 Å². The standard InChI is InChI=1S/C16H14N4O2/c1-2-10-4-3-5-11(6-10)16-18-7-13(14(20-16)15(17)21)19-12-8-22-9-12/h1,3-7,12,19H,8-9H2,(H2,17,21). The summed E-state index contributed by atoms with van der Waals surface area (Å²) >= 11 is 0. The SMILES string of the molecule is C#Cc1cccc(-c2ncc(NC3COC3)c(C(N)=O)n2)c1. The van der Waals surface area contributed by atoms with Crippen LogP contribution in [0.3, 0.4) is 0 Å². The van der Waals surface area contributed by atoms with Crippen molar-refractivity contribution in [1.82, 2.24) is 9.97 Å². The highest BCUT2D eigenvalue weighted by Gasteiger charge is 2.21. The van der Waals surface area contributed by atoms with Gasteiger partial charge in [-0.15, -0.1) is 6.42 Å². The van der Waals surface area contributed by atoms with E-state index in [1.54, 1.807) is 12.3 Å². The number of primary amides is 1. The maximum atomic E-state index is 11.6. The van der Waals surface area contributed by atoms with Crippen molar-refractivity contribution in [3.8, 4) is 23.7 Å². The van der Waals surface area contributed by atoms with Gasteiger partial charge in [-0.25, -0.2) is 9.97 Å². The Morgan fingerprint density at radius 1 is 1.45 bits per heavy atom. The molecule has 0 radical (unpaired) electrons. The fourth-order valence-corrected chi connectivity index (χ4v) is 2.10. The van der Waals surface area contributed by atoms with Crippen molar-refractivity contribution >= 4 is 11.6 Å². The average Bonchev–Trinajstić information content (AvgIpc) is 2.51. The maximum Gasteiger partial charge on any atom is 0.269 e. The number of carbonyl (C=O) groups excluding carboxylic acids is 1. The molecule has 6 heteroatoms. The molecule has 3 N–H and O–H groups in total. The van der Waals surface area contributed by atoms with E-state index in [0.29, 0.717) is 24.7 Å². The molecule has 2 heterocycles. The third-order valence-corrected chi connectivity index (χ3v) is 3.31. The zero-order valence-electron chi connectivity index (χ0n) is 11.7. The van der Waals surface area contributed by atoms with Crippen LogP contribution in [0.4, 0.5) is 5.69 Å². The molecule has 0 saturated carbocycles. The number of hydrogen-bond donors (Lipinski definition) is 2. The van der Waals surface area contributed by atoms with E-state index in [-0.39, 0.29) is 11.7 Å². The van der Waals surface area contributed by atoms with E-state index in [2.05, 4.69) is 21.2 Å². The Labute approximate surface area is 127 Å². The van der Waals surface area contributed by atoms with Gasteiger partial charge in [-0.2, -0.15) is 0 Å². The van der Waals surface area contributed by atoms with Gasteiger partial charge in [0.1, 0.15) is 0 Å². The van der Waals surface area contributed by atoms with Crippen molar-refractivity contribution < 1.29 is 9.53 Å². The topological polar surface area (TPSA) is 90.1 Å². The number of ether oxygens (including phenoxy) is 1. The van der Waals surface area contributed by atoms with Crippen molar-refractivity contribution in [3.63, 3.8) is 0 Å². The second-order valence-corrected chi connectivity index (χ2v) is 4.92. The van der Waals surface area contributed by atoms with Crippen LogP contribution in [0.1, 0.15) is 16.1 Å². The van der Waals surface area contributed by atoms with Gasteiger partial charge in [-0.3, -0.25) is 4.79 Å². The number of hydrogen-bond acceptors (Lipinski definition) is 5. The first-order valence-electron chi connectivity index (χ1n) is 6.75. The van der Waals surface area contributed by atoms with E-state index in [1.165, 1.54) is 0 Å². The molecule has 3 rings (SSSR count). The van der Waals surface area contributed by atoms with Gasteiger partial charge in [0, 0.05) is 11.1 Å². The zero-order chi connectivity index (χ0) is 15.5. The van der Waals surface area contributed by atoms with Crippen LogP contribution in [-0.4, -0.2) is 35.1 Å². The monoisotopic (exact) mass is 294 g/mol. The van der Waals surface area contributed by atoms with Crippen LogP contribution >= 0.6 is 0 Å². The second-order valence-electron chi connectivity index (χ2n) is 4.92. The lowest BCUT2D eigenvalue weighted by Gasteiger charge is -2.28. The highest BCUT2D eigenvalue weighted by molar-refractivity contribution is 5.96. The summed E-state index contributed by atoms with van der Waals surface area (Å²) in [5, 5.41) is 3.15. The minimum atomic E-state index is -0.612. The minimum absolute atomic E-state index is 0.150. The molecule has 1 amide bonds. The Morgan fingerprint density at radius 3 is 2.91 bits per heavy atom. The van der Waals surface area contributed by atoms with Crippen molar-refractivity contribution in [1.29, 1.82) is 0 Å². The van der Waals surface area contributed by atoms with Crippen LogP contribution in [0.2, 0.25) is 0 Å². The first-order valence-corrected chi connectivity index (χ1v) is 6.75. The quantitative estimate of drug-likeness (QED) is 0.822. The van der Waals surface area contributed by atoms with E-state index < -0.39 is 5.91 Å². The number of terminal acetylenes is 1. The van der Waals surface area contributed by atoms with Gasteiger partial charge in [0.15, 0.2) is 11.5 Å². The molecule has 0 spiro atoms. The summed E-state index contributed by atoms with van der Waals surface area (Å²) in [7, 11) is 0. The van der Waals surface area contributed by atoms with E-state index in [9.17, 15) is 4.79 Å². The smallest absolute Gasteiger partial charge is 0.269 e. The molecule has 0 bridgehead atoms. The lowest BCUT2D eigenvalue weighted by Crippen LogP contribution is -2.41. The number of rotatable bonds is 4. The molecule has 22 heavy (non-hydrogen) atoms. The summed E-state index contributed by atoms with van der Waals surface area (Å²) in [6, 6.07) is 7.39. The molecule has 1 aromatic carbocycles. The molecule has 1 aliphatic heterocycles. The third kappa shape index (κ3) is 2.75. The minimum Gasteiger partial charge on any atom is -0.377 e. The summed E-state index contributed by atoms with van der Waals surface area (Å²) in [6.45, 7) is 1.17. The molecule has 1 saturated heterocycles. The molecule has 0 atom stereocenters. The molecular formula is C16H14N4O2. The van der Waals surface area contributed by atoms with Crippen LogP contribution in [0.15, 0.2) is 30.5 Å². The number of aromatic nitrogens is 2. The predicted molar refractivity (Wildman–Crippen MR) is 82.2 cm³/mol. The fourth-order valence-electron chi connectivity index (χ4n) is 2.10. The summed E-state index contributed by atoms with van der Waals surface area (Å²) in [5.74, 6) is 2.35. The number of nitrogens with two attached hydrogens (primary N) is 1. The Kier molecular flexibility index (Phi) is 3.73. The lowest BCUT2D eigenvalue weighted by molar-refractivity contribution is 0.0210. The van der Waals surface area contributed by atoms with Crippen LogP contribution in [-0.2, 0) is 4.74 Å². The molecule has 1 fully saturated rings. The predicted octanol–water partition coefficient (Wildman–Crippen LogP) is 1.03. The van der Waals surface area contributed by atoms with Gasteiger partial charge in [-0.1, -0.05) is 18.1 Å². The Hall–Kier alpha value is -2.91. The Morgan fingerprint density at radius 2 is 2.27 bits per heavy atom. The van der Waals surface area contributed by atoms with Crippen LogP contribution in [0.25, 0.3) is 11.4 Å². The number of nitrogens with zero attached hydrogens (tertiary/aromatic N) is 2. The average molecular weight is 294 g/mol. The van der Waals surface area contributed by atoms with Gasteiger partial charge < -0.3 is 15.8 Å². The number of amides is 1. The number of benzene rings is 1. The van der Waals surface area contributed by atoms with Crippen molar-refractivity contribution in [2.45, 2.75) is 6.04 Å². The molecule has 0 aliphatic carbocycles. The summed E-state index contributed by atoms with van der Waals surface area (Å²) in [4.78, 5) is 20.2. The van der Waals surface area contributed by atoms with Crippen molar-refractivity contribution in [3.05, 3.63) is 41.7 Å². The largest absolute Gasteiger partial charge is 0.377 e. The number of anilines is 1. The second kappa shape index (κ2) is 5.84. The van der Waals surface area contributed by atoms with Gasteiger partial charge in [-0.05, 0) is 12.1 Å². The number of nitrogens with one attached hydrogen (secondary N) is 1. The van der Waals surface area contributed by atoms with Crippen LogP contribution in [0.5, 0.6) is 0 Å². The third-order valence-electron chi connectivity index (χ3n) is 3.31. The normalized spacial score (nSPS) is 14.0. The van der Waals surface area contributed by atoms with Gasteiger partial charge in [0.2, 0.25) is 0 Å². The molecule has 0 unspecified atom stereocenters. The van der Waals surface area contributed by atoms with E-state index in [4.69, 9.17) is 16.9 Å². The Balaban J connectivity index is 1.97. The highest BCUT2D eigenvalue weighted by Crippen LogP contribution is 2.21. The summed E-state index contributed by atoms with van der Waals surface area (Å²) in [5.41, 5.74) is 7.54. The maximum absolute atomic E-state index is 11.6. The molecule has 110 valence electrons. The first-order chi connectivity index (χ1) is 10.7. The summed E-state index contributed by atoms with van der Waals surface area (Å²) < 4.78 is 5.09. The van der Waals surface area contributed by atoms with Gasteiger partial charge in [0.25, 0.3) is 5.91 Å². The first kappa shape index (κ1) is 14.0. The summed E-state index contributed by atoms with van der Waals surface area (Å²) in [6.07, 6.45) is 6.95. The van der Waals surface area contributed by atoms with Gasteiger partial charge in [0.05, 0.1) is 31.1 Å². The molecule has 2 aromatic rings. The van der Waals surface area contributed by atoms with Crippen LogP contribution in [0, 0.1) is 12.3 Å². The highest BCUT2D eigenvalue weighted by atomic mass is 16.5. The lowest BCUT2D eigenvalue weighted by atomic mass is 10.1. The zero-order valence-corrected chi connectivity index (χ0v) is 11.7. The van der Waals surface area contributed by atoms with Crippen molar-refractivity contribution in [2.75, 3.05) is 18.5 Å². The van der Waals surface area contributed by atoms with E-state index in [0.717, 1.165) is 11.1 Å².